The van der Waals surface area contributed by atoms with E-state index >= 15 is 0 Å². The van der Waals surface area contributed by atoms with Gasteiger partial charge < -0.3 is 4.90 Å². The van der Waals surface area contributed by atoms with Crippen molar-refractivity contribution in [3.05, 3.63) is 0 Å². The molecule has 0 N–H and O–H groups in total. The highest BCUT2D eigenvalue weighted by atomic mass is 16.2. The number of hydrogen-bond donors (Lipinski definition) is 0. The Kier molecular flexibility index (Phi) is 4.43. The van der Waals surface area contributed by atoms with E-state index in [4.69, 9.17) is 0 Å². The van der Waals surface area contributed by atoms with E-state index < -0.39 is 0 Å². The van der Waals surface area contributed by atoms with Crippen molar-refractivity contribution in [3.8, 4) is 0 Å². The van der Waals surface area contributed by atoms with Gasteiger partial charge in [-0.25, -0.2) is 0 Å². The minimum atomic E-state index is 0.343. The molecule has 1 rings (SSSR count). The smallest absolute Gasteiger partial charge is 0.222 e. The third kappa shape index (κ3) is 2.73. The van der Waals surface area contributed by atoms with Crippen molar-refractivity contribution in [2.45, 2.75) is 58.9 Å². The van der Waals surface area contributed by atoms with E-state index in [9.17, 15) is 4.79 Å². The first kappa shape index (κ1) is 11.5. The van der Waals surface area contributed by atoms with E-state index in [1.54, 1.807) is 0 Å². The summed E-state index contributed by atoms with van der Waals surface area (Å²) in [5, 5.41) is 0. The van der Waals surface area contributed by atoms with Gasteiger partial charge in [-0.15, -0.1) is 0 Å². The van der Waals surface area contributed by atoms with Crippen LogP contribution in [0.15, 0.2) is 0 Å². The van der Waals surface area contributed by atoms with Gasteiger partial charge in [0.05, 0.1) is 0 Å². The molecule has 1 aliphatic rings. The molecule has 14 heavy (non-hydrogen) atoms. The number of hydrogen-bond acceptors (Lipinski definition) is 1. The second-order valence-corrected chi connectivity index (χ2v) is 4.49. The standard InChI is InChI=1S/C12H23NO/c1-4-10(3)9-11-7-6-8-13(11)12(14)5-2/h10-11H,4-9H2,1-3H3. The van der Waals surface area contributed by atoms with E-state index in [0.717, 1.165) is 12.5 Å². The van der Waals surface area contributed by atoms with Crippen molar-refractivity contribution in [3.63, 3.8) is 0 Å². The summed E-state index contributed by atoms with van der Waals surface area (Å²) in [6.45, 7) is 7.47. The van der Waals surface area contributed by atoms with Crippen molar-refractivity contribution >= 4 is 5.91 Å². The van der Waals surface area contributed by atoms with E-state index in [0.29, 0.717) is 18.4 Å². The SMILES string of the molecule is CCC(=O)N1CCCC1CC(C)CC. The van der Waals surface area contributed by atoms with Gasteiger partial charge in [0, 0.05) is 19.0 Å². The molecule has 2 nitrogen and oxygen atoms in total. The molecule has 0 radical (unpaired) electrons. The molecule has 2 atom stereocenters. The summed E-state index contributed by atoms with van der Waals surface area (Å²) in [6, 6.07) is 0.539. The van der Waals surface area contributed by atoms with Crippen LogP contribution in [0.2, 0.25) is 0 Å². The number of amides is 1. The summed E-state index contributed by atoms with van der Waals surface area (Å²) in [5.74, 6) is 1.10. The molecule has 1 saturated heterocycles. The molecule has 2 unspecified atom stereocenters. The van der Waals surface area contributed by atoms with Crippen molar-refractivity contribution in [1.82, 2.24) is 4.90 Å². The molecule has 1 aliphatic heterocycles. The Morgan fingerprint density at radius 2 is 2.21 bits per heavy atom. The average Bonchev–Trinajstić information content (AvgIpc) is 2.64. The summed E-state index contributed by atoms with van der Waals surface area (Å²) in [5.41, 5.74) is 0. The van der Waals surface area contributed by atoms with E-state index in [1.807, 2.05) is 6.92 Å². The number of carbonyl (C=O) groups is 1. The molecule has 82 valence electrons. The minimum absolute atomic E-state index is 0.343. The maximum atomic E-state index is 11.6. The van der Waals surface area contributed by atoms with Crippen molar-refractivity contribution < 1.29 is 4.79 Å². The Bertz CT molecular complexity index is 191. The normalized spacial score (nSPS) is 23.9. The fourth-order valence-electron chi connectivity index (χ4n) is 2.24. The Labute approximate surface area is 87.7 Å². The molecule has 1 amide bonds. The highest BCUT2D eigenvalue weighted by Crippen LogP contribution is 2.25. The van der Waals surface area contributed by atoms with Crippen molar-refractivity contribution in [2.75, 3.05) is 6.54 Å². The van der Waals surface area contributed by atoms with Crippen LogP contribution in [0.4, 0.5) is 0 Å². The Balaban J connectivity index is 2.46. The molecule has 1 fully saturated rings. The van der Waals surface area contributed by atoms with Crippen LogP contribution in [-0.2, 0) is 4.79 Å². The van der Waals surface area contributed by atoms with Gasteiger partial charge in [-0.2, -0.15) is 0 Å². The lowest BCUT2D eigenvalue weighted by molar-refractivity contribution is -0.131. The summed E-state index contributed by atoms with van der Waals surface area (Å²) in [4.78, 5) is 13.7. The van der Waals surface area contributed by atoms with Gasteiger partial charge in [-0.3, -0.25) is 4.79 Å². The van der Waals surface area contributed by atoms with Gasteiger partial charge in [0.15, 0.2) is 0 Å². The molecular formula is C12H23NO. The third-order valence-electron chi connectivity index (χ3n) is 3.37. The number of carbonyl (C=O) groups excluding carboxylic acids is 1. The summed E-state index contributed by atoms with van der Waals surface area (Å²) in [6.07, 6.45) is 5.51. The first-order valence-corrected chi connectivity index (χ1v) is 5.98. The van der Waals surface area contributed by atoms with Crippen LogP contribution in [0.25, 0.3) is 0 Å². The molecule has 0 aliphatic carbocycles. The van der Waals surface area contributed by atoms with Gasteiger partial charge in [0.25, 0.3) is 0 Å². The van der Waals surface area contributed by atoms with Crippen molar-refractivity contribution in [1.29, 1.82) is 0 Å². The number of nitrogens with zero attached hydrogens (tertiary/aromatic N) is 1. The molecule has 0 bridgehead atoms. The zero-order valence-electron chi connectivity index (χ0n) is 9.75. The predicted octanol–water partition coefficient (Wildman–Crippen LogP) is 2.82. The largest absolute Gasteiger partial charge is 0.340 e. The predicted molar refractivity (Wildman–Crippen MR) is 59.1 cm³/mol. The minimum Gasteiger partial charge on any atom is -0.340 e. The maximum absolute atomic E-state index is 11.6. The zero-order chi connectivity index (χ0) is 10.6. The Hall–Kier alpha value is -0.530. The van der Waals surface area contributed by atoms with Crippen LogP contribution < -0.4 is 0 Å². The molecule has 0 aromatic heterocycles. The van der Waals surface area contributed by atoms with E-state index in [2.05, 4.69) is 18.7 Å². The molecule has 2 heteroatoms. The van der Waals surface area contributed by atoms with Crippen LogP contribution in [-0.4, -0.2) is 23.4 Å². The van der Waals surface area contributed by atoms with Gasteiger partial charge in [-0.1, -0.05) is 27.2 Å². The lowest BCUT2D eigenvalue weighted by Crippen LogP contribution is -2.35. The number of rotatable bonds is 4. The van der Waals surface area contributed by atoms with Crippen LogP contribution in [0, 0.1) is 5.92 Å². The molecule has 0 aromatic carbocycles. The fraction of sp³-hybridized carbons (Fsp3) is 0.917. The van der Waals surface area contributed by atoms with Crippen LogP contribution in [0.3, 0.4) is 0 Å². The van der Waals surface area contributed by atoms with Crippen LogP contribution >= 0.6 is 0 Å². The van der Waals surface area contributed by atoms with Gasteiger partial charge in [0.1, 0.15) is 0 Å². The quantitative estimate of drug-likeness (QED) is 0.678. The molecular weight excluding hydrogens is 174 g/mol. The lowest BCUT2D eigenvalue weighted by Gasteiger charge is -2.26. The molecule has 0 aromatic rings. The van der Waals surface area contributed by atoms with E-state index in [-0.39, 0.29) is 0 Å². The maximum Gasteiger partial charge on any atom is 0.222 e. The highest BCUT2D eigenvalue weighted by Gasteiger charge is 2.28. The zero-order valence-corrected chi connectivity index (χ0v) is 9.75. The summed E-state index contributed by atoms with van der Waals surface area (Å²) in [7, 11) is 0. The van der Waals surface area contributed by atoms with Crippen LogP contribution in [0.1, 0.15) is 52.9 Å². The fourth-order valence-corrected chi connectivity index (χ4v) is 2.24. The Morgan fingerprint density at radius 3 is 2.79 bits per heavy atom. The third-order valence-corrected chi connectivity index (χ3v) is 3.37. The van der Waals surface area contributed by atoms with E-state index in [1.165, 1.54) is 25.7 Å². The first-order valence-electron chi connectivity index (χ1n) is 5.98. The average molecular weight is 197 g/mol. The van der Waals surface area contributed by atoms with Gasteiger partial charge in [-0.05, 0) is 25.2 Å². The molecule has 1 heterocycles. The summed E-state index contributed by atoms with van der Waals surface area (Å²) < 4.78 is 0. The van der Waals surface area contributed by atoms with Gasteiger partial charge >= 0.3 is 0 Å². The topological polar surface area (TPSA) is 20.3 Å². The number of likely N-dealkylation sites (tertiary alicyclic amines) is 1. The van der Waals surface area contributed by atoms with Gasteiger partial charge in [0.2, 0.25) is 5.91 Å². The second-order valence-electron chi connectivity index (χ2n) is 4.49. The van der Waals surface area contributed by atoms with Crippen LogP contribution in [0.5, 0.6) is 0 Å². The molecule has 0 spiro atoms. The monoisotopic (exact) mass is 197 g/mol. The lowest BCUT2D eigenvalue weighted by atomic mass is 9.98. The highest BCUT2D eigenvalue weighted by molar-refractivity contribution is 5.76. The Morgan fingerprint density at radius 1 is 1.50 bits per heavy atom. The first-order chi connectivity index (χ1) is 6.69. The van der Waals surface area contributed by atoms with Crippen molar-refractivity contribution in [2.24, 2.45) is 5.92 Å². The summed E-state index contributed by atoms with van der Waals surface area (Å²) >= 11 is 0. The second kappa shape index (κ2) is 5.38. The molecule has 0 saturated carbocycles.